The SMILES string of the molecule is COc1ccc(OCCN(C)c2ncnc3c2oc2ccccc23)cc1. The largest absolute Gasteiger partial charge is 0.497 e. The van der Waals surface area contributed by atoms with Gasteiger partial charge in [0.2, 0.25) is 0 Å². The Hall–Kier alpha value is -3.28. The van der Waals surface area contributed by atoms with Crippen LogP contribution in [0.3, 0.4) is 0 Å². The molecular weight excluding hydrogens is 330 g/mol. The molecular formula is C20H19N3O3. The second kappa shape index (κ2) is 6.92. The van der Waals surface area contributed by atoms with Crippen LogP contribution in [0, 0.1) is 0 Å². The summed E-state index contributed by atoms with van der Waals surface area (Å²) in [5.41, 5.74) is 2.33. The van der Waals surface area contributed by atoms with Crippen molar-refractivity contribution >= 4 is 27.9 Å². The van der Waals surface area contributed by atoms with E-state index in [4.69, 9.17) is 13.9 Å². The maximum absolute atomic E-state index is 5.97. The van der Waals surface area contributed by atoms with E-state index in [9.17, 15) is 0 Å². The summed E-state index contributed by atoms with van der Waals surface area (Å²) in [5.74, 6) is 2.36. The van der Waals surface area contributed by atoms with Gasteiger partial charge in [-0.1, -0.05) is 12.1 Å². The first-order valence-corrected chi connectivity index (χ1v) is 8.36. The summed E-state index contributed by atoms with van der Waals surface area (Å²) in [6, 6.07) is 15.4. The number of hydrogen-bond donors (Lipinski definition) is 0. The van der Waals surface area contributed by atoms with E-state index in [0.29, 0.717) is 18.7 Å². The number of rotatable bonds is 6. The molecule has 0 aliphatic heterocycles. The number of hydrogen-bond acceptors (Lipinski definition) is 6. The molecule has 0 aliphatic rings. The van der Waals surface area contributed by atoms with Crippen molar-refractivity contribution in [3.05, 3.63) is 54.9 Å². The van der Waals surface area contributed by atoms with Crippen LogP contribution in [0.1, 0.15) is 0 Å². The van der Waals surface area contributed by atoms with E-state index in [1.165, 1.54) is 0 Å². The summed E-state index contributed by atoms with van der Waals surface area (Å²) in [4.78, 5) is 10.8. The van der Waals surface area contributed by atoms with Crippen molar-refractivity contribution in [3.8, 4) is 11.5 Å². The lowest BCUT2D eigenvalue weighted by Gasteiger charge is -2.18. The minimum absolute atomic E-state index is 0.522. The van der Waals surface area contributed by atoms with Crippen LogP contribution in [-0.2, 0) is 0 Å². The number of fused-ring (bicyclic) bond motifs is 3. The second-order valence-electron chi connectivity index (χ2n) is 5.92. The molecule has 6 heteroatoms. The maximum atomic E-state index is 5.97. The lowest BCUT2D eigenvalue weighted by atomic mass is 10.2. The lowest BCUT2D eigenvalue weighted by molar-refractivity contribution is 0.324. The van der Waals surface area contributed by atoms with Gasteiger partial charge < -0.3 is 18.8 Å². The van der Waals surface area contributed by atoms with E-state index in [0.717, 1.165) is 33.8 Å². The molecule has 0 N–H and O–H groups in total. The normalized spacial score (nSPS) is 11.0. The molecule has 0 amide bonds. The number of ether oxygens (including phenoxy) is 2. The molecule has 0 bridgehead atoms. The fraction of sp³-hybridized carbons (Fsp3) is 0.200. The van der Waals surface area contributed by atoms with E-state index in [1.807, 2.05) is 60.5 Å². The van der Waals surface area contributed by atoms with Crippen molar-refractivity contribution in [2.45, 2.75) is 0 Å². The van der Waals surface area contributed by atoms with E-state index >= 15 is 0 Å². The van der Waals surface area contributed by atoms with E-state index in [2.05, 4.69) is 9.97 Å². The molecule has 4 rings (SSSR count). The molecule has 132 valence electrons. The van der Waals surface area contributed by atoms with Gasteiger partial charge in [0.1, 0.15) is 35.5 Å². The molecule has 0 fully saturated rings. The number of methoxy groups -OCH3 is 1. The molecule has 6 nitrogen and oxygen atoms in total. The highest BCUT2D eigenvalue weighted by Crippen LogP contribution is 2.31. The fourth-order valence-corrected chi connectivity index (χ4v) is 2.86. The van der Waals surface area contributed by atoms with Gasteiger partial charge in [0.25, 0.3) is 0 Å². The predicted octanol–water partition coefficient (Wildman–Crippen LogP) is 3.90. The zero-order valence-corrected chi connectivity index (χ0v) is 14.7. The number of para-hydroxylation sites is 1. The lowest BCUT2D eigenvalue weighted by Crippen LogP contribution is -2.24. The standard InChI is InChI=1S/C20H19N3O3/c1-23(11-12-25-15-9-7-14(24-2)8-10-15)20-19-18(21-13-22-20)16-5-3-4-6-17(16)26-19/h3-10,13H,11-12H2,1-2H3. The molecule has 0 saturated carbocycles. The summed E-state index contributed by atoms with van der Waals surface area (Å²) in [7, 11) is 3.61. The van der Waals surface area contributed by atoms with Crippen molar-refractivity contribution in [2.75, 3.05) is 32.2 Å². The monoisotopic (exact) mass is 349 g/mol. The van der Waals surface area contributed by atoms with Crippen molar-refractivity contribution in [1.82, 2.24) is 9.97 Å². The Kier molecular flexibility index (Phi) is 4.31. The van der Waals surface area contributed by atoms with Crippen molar-refractivity contribution in [3.63, 3.8) is 0 Å². The highest BCUT2D eigenvalue weighted by molar-refractivity contribution is 6.05. The van der Waals surface area contributed by atoms with Crippen LogP contribution in [-0.4, -0.2) is 37.3 Å². The van der Waals surface area contributed by atoms with Gasteiger partial charge in [-0.05, 0) is 36.4 Å². The summed E-state index contributed by atoms with van der Waals surface area (Å²) < 4.78 is 16.9. The number of furan rings is 1. The second-order valence-corrected chi connectivity index (χ2v) is 5.92. The highest BCUT2D eigenvalue weighted by atomic mass is 16.5. The van der Waals surface area contributed by atoms with Gasteiger partial charge in [0.05, 0.1) is 13.7 Å². The van der Waals surface area contributed by atoms with E-state index in [1.54, 1.807) is 13.4 Å². The Bertz CT molecular complexity index is 1030. The highest BCUT2D eigenvalue weighted by Gasteiger charge is 2.15. The Morgan fingerprint density at radius 3 is 2.58 bits per heavy atom. The zero-order chi connectivity index (χ0) is 17.9. The summed E-state index contributed by atoms with van der Waals surface area (Å²) in [6.07, 6.45) is 1.57. The number of aromatic nitrogens is 2. The van der Waals surface area contributed by atoms with E-state index < -0.39 is 0 Å². The van der Waals surface area contributed by atoms with E-state index in [-0.39, 0.29) is 0 Å². The van der Waals surface area contributed by atoms with Gasteiger partial charge in [-0.2, -0.15) is 0 Å². The third-order valence-corrected chi connectivity index (χ3v) is 4.26. The maximum Gasteiger partial charge on any atom is 0.196 e. The first-order valence-electron chi connectivity index (χ1n) is 8.36. The molecule has 0 atom stereocenters. The van der Waals surface area contributed by atoms with Crippen LogP contribution in [0.4, 0.5) is 5.82 Å². The third kappa shape index (κ3) is 3.01. The quantitative estimate of drug-likeness (QED) is 0.526. The molecule has 4 aromatic rings. The van der Waals surface area contributed by atoms with Gasteiger partial charge in [-0.25, -0.2) is 9.97 Å². The Labute approximate surface area is 151 Å². The first kappa shape index (κ1) is 16.2. The van der Waals surface area contributed by atoms with Crippen LogP contribution in [0.2, 0.25) is 0 Å². The van der Waals surface area contributed by atoms with Gasteiger partial charge in [0.15, 0.2) is 11.4 Å². The number of anilines is 1. The predicted molar refractivity (Wildman–Crippen MR) is 101 cm³/mol. The minimum atomic E-state index is 0.522. The van der Waals surface area contributed by atoms with Crippen LogP contribution < -0.4 is 14.4 Å². The molecule has 26 heavy (non-hydrogen) atoms. The smallest absolute Gasteiger partial charge is 0.196 e. The molecule has 0 unspecified atom stereocenters. The summed E-state index contributed by atoms with van der Waals surface area (Å²) in [6.45, 7) is 1.18. The van der Waals surface area contributed by atoms with Gasteiger partial charge >= 0.3 is 0 Å². The topological polar surface area (TPSA) is 60.6 Å². The molecule has 2 aromatic carbocycles. The van der Waals surface area contributed by atoms with Gasteiger partial charge in [0, 0.05) is 12.4 Å². The Balaban J connectivity index is 1.50. The number of likely N-dealkylation sites (N-methyl/N-ethyl adjacent to an activating group) is 1. The van der Waals surface area contributed by atoms with Crippen molar-refractivity contribution in [1.29, 1.82) is 0 Å². The van der Waals surface area contributed by atoms with Gasteiger partial charge in [-0.3, -0.25) is 0 Å². The molecule has 0 aliphatic carbocycles. The molecule has 0 spiro atoms. The van der Waals surface area contributed by atoms with Gasteiger partial charge in [-0.15, -0.1) is 0 Å². The average molecular weight is 349 g/mol. The van der Waals surface area contributed by atoms with Crippen molar-refractivity contribution < 1.29 is 13.9 Å². The minimum Gasteiger partial charge on any atom is -0.497 e. The van der Waals surface area contributed by atoms with Crippen molar-refractivity contribution in [2.24, 2.45) is 0 Å². The zero-order valence-electron chi connectivity index (χ0n) is 14.7. The molecule has 2 heterocycles. The average Bonchev–Trinajstić information content (AvgIpc) is 3.07. The van der Waals surface area contributed by atoms with Crippen LogP contribution >= 0.6 is 0 Å². The first-order chi connectivity index (χ1) is 12.8. The summed E-state index contributed by atoms with van der Waals surface area (Å²) >= 11 is 0. The van der Waals surface area contributed by atoms with Crippen LogP contribution in [0.5, 0.6) is 11.5 Å². The molecule has 2 aromatic heterocycles. The fourth-order valence-electron chi connectivity index (χ4n) is 2.86. The van der Waals surface area contributed by atoms with Crippen LogP contribution in [0.15, 0.2) is 59.3 Å². The third-order valence-electron chi connectivity index (χ3n) is 4.26. The molecule has 0 saturated heterocycles. The Morgan fingerprint density at radius 2 is 1.77 bits per heavy atom. The summed E-state index contributed by atoms with van der Waals surface area (Å²) in [5, 5.41) is 0.994. The number of benzene rings is 2. The van der Waals surface area contributed by atoms with Crippen LogP contribution in [0.25, 0.3) is 22.1 Å². The molecule has 0 radical (unpaired) electrons. The number of nitrogens with zero attached hydrogens (tertiary/aromatic N) is 3. The Morgan fingerprint density at radius 1 is 1.00 bits per heavy atom.